The third kappa shape index (κ3) is 4.49. The zero-order valence-electron chi connectivity index (χ0n) is 12.9. The fraction of sp³-hybridized carbons (Fsp3) is 1.00. The zero-order chi connectivity index (χ0) is 19.3. The predicted octanol–water partition coefficient (Wildman–Crippen LogP) is 3.00. The van der Waals surface area contributed by atoms with Crippen molar-refractivity contribution in [1.82, 2.24) is 3.48 Å². The van der Waals surface area contributed by atoms with Gasteiger partial charge in [-0.05, 0) is 0 Å². The molecule has 0 spiro atoms. The summed E-state index contributed by atoms with van der Waals surface area (Å²) < 4.78 is 122. The molecule has 0 aliphatic carbocycles. The molecule has 0 bridgehead atoms. The molecule has 0 rings (SSSR count). The second kappa shape index (κ2) is 5.70. The fourth-order valence-corrected chi connectivity index (χ4v) is 14.3. The van der Waals surface area contributed by atoms with E-state index >= 15 is 0 Å². The molecule has 0 saturated heterocycles. The number of sulfonamides is 2. The van der Waals surface area contributed by atoms with Gasteiger partial charge in [0.25, 0.3) is 0 Å². The molecular weight excluding hydrogens is 395 g/mol. The van der Waals surface area contributed by atoms with Crippen LogP contribution in [0.25, 0.3) is 0 Å². The molecule has 5 nitrogen and oxygen atoms in total. The molecule has 0 heterocycles. The van der Waals surface area contributed by atoms with E-state index in [0.717, 1.165) is 20.0 Å². The SMILES string of the molecule is CC(C)CP(C)(C)(C)N(S(=O)(=O)C(F)(F)F)S(=O)(=O)C(F)(F)F. The first-order chi connectivity index (χ1) is 9.56. The summed E-state index contributed by atoms with van der Waals surface area (Å²) >= 11 is 0. The molecule has 0 fully saturated rings. The monoisotopic (exact) mass is 413 g/mol. The number of rotatable bonds is 5. The van der Waals surface area contributed by atoms with Gasteiger partial charge < -0.3 is 0 Å². The Balaban J connectivity index is 6.89. The minimum absolute atomic E-state index is 0.448. The Morgan fingerprint density at radius 2 is 1.09 bits per heavy atom. The van der Waals surface area contributed by atoms with Crippen molar-refractivity contribution in [2.45, 2.75) is 24.9 Å². The maximum absolute atomic E-state index is 12.8. The van der Waals surface area contributed by atoms with Crippen molar-refractivity contribution in [3.8, 4) is 0 Å². The Morgan fingerprint density at radius 3 is 1.26 bits per heavy atom. The third-order valence-electron chi connectivity index (χ3n) is 2.60. The Kier molecular flexibility index (Phi) is 5.67. The van der Waals surface area contributed by atoms with E-state index in [0.29, 0.717) is 0 Å². The van der Waals surface area contributed by atoms with E-state index in [-0.39, 0.29) is 0 Å². The molecule has 14 heteroatoms. The molecule has 0 radical (unpaired) electrons. The zero-order valence-corrected chi connectivity index (χ0v) is 15.4. The van der Waals surface area contributed by atoms with Gasteiger partial charge in [-0.2, -0.15) is 0 Å². The topological polar surface area (TPSA) is 71.5 Å². The summed E-state index contributed by atoms with van der Waals surface area (Å²) in [5.41, 5.74) is -12.4. The second-order valence-corrected chi connectivity index (χ2v) is 17.8. The van der Waals surface area contributed by atoms with Gasteiger partial charge in [0.2, 0.25) is 0 Å². The maximum atomic E-state index is 12.8. The van der Waals surface area contributed by atoms with Crippen LogP contribution in [0, 0.1) is 5.92 Å². The second-order valence-electron chi connectivity index (χ2n) is 6.69. The van der Waals surface area contributed by atoms with Crippen LogP contribution in [-0.2, 0) is 20.0 Å². The average Bonchev–Trinajstić information content (AvgIpc) is 2.06. The van der Waals surface area contributed by atoms with Crippen LogP contribution in [0.2, 0.25) is 0 Å². The number of halogens is 6. The molecule has 0 aromatic rings. The van der Waals surface area contributed by atoms with E-state index in [1.54, 1.807) is 0 Å². The summed E-state index contributed by atoms with van der Waals surface area (Å²) in [5, 5.41) is 0. The molecule has 0 N–H and O–H groups in total. The van der Waals surface area contributed by atoms with Gasteiger partial charge in [0.1, 0.15) is 0 Å². The molecule has 0 aromatic heterocycles. The summed E-state index contributed by atoms with van der Waals surface area (Å²) in [4.78, 5) is 0. The first kappa shape index (κ1) is 22.9. The van der Waals surface area contributed by atoms with Crippen LogP contribution < -0.4 is 0 Å². The van der Waals surface area contributed by atoms with Gasteiger partial charge in [0.15, 0.2) is 0 Å². The van der Waals surface area contributed by atoms with Crippen LogP contribution in [0.5, 0.6) is 0 Å². The van der Waals surface area contributed by atoms with Crippen molar-refractivity contribution in [2.75, 3.05) is 26.2 Å². The van der Waals surface area contributed by atoms with Gasteiger partial charge in [-0.3, -0.25) is 0 Å². The normalized spacial score (nSPS) is 17.3. The number of nitrogens with zero attached hydrogens (tertiary/aromatic N) is 1. The summed E-state index contributed by atoms with van der Waals surface area (Å²) in [5.74, 6) is -0.540. The van der Waals surface area contributed by atoms with Crippen LogP contribution in [0.15, 0.2) is 0 Å². The number of alkyl halides is 6. The number of hydrogen-bond acceptors (Lipinski definition) is 4. The summed E-state index contributed by atoms with van der Waals surface area (Å²) in [6.45, 7) is 0.687. The van der Waals surface area contributed by atoms with Crippen LogP contribution in [0.1, 0.15) is 13.8 Å². The van der Waals surface area contributed by atoms with Crippen molar-refractivity contribution in [2.24, 2.45) is 5.92 Å². The van der Waals surface area contributed by atoms with Gasteiger partial charge in [-0.1, -0.05) is 0 Å². The molecule has 0 atom stereocenters. The van der Waals surface area contributed by atoms with E-state index < -0.39 is 53.4 Å². The van der Waals surface area contributed by atoms with Gasteiger partial charge in [-0.15, -0.1) is 0 Å². The van der Waals surface area contributed by atoms with Crippen LogP contribution in [-0.4, -0.2) is 57.5 Å². The van der Waals surface area contributed by atoms with Gasteiger partial charge in [0, 0.05) is 0 Å². The first-order valence-corrected chi connectivity index (χ1v) is 12.6. The van der Waals surface area contributed by atoms with Crippen molar-refractivity contribution in [3.63, 3.8) is 0 Å². The summed E-state index contributed by atoms with van der Waals surface area (Å²) in [7, 11) is -13.5. The van der Waals surface area contributed by atoms with E-state index in [9.17, 15) is 43.2 Å². The Bertz CT molecular complexity index is 613. The standard InChI is InChI=1S/C9H18F6NO4PS2/c1-7(2)6-21(3,4,5)16(22(17,18)8(10,11)12)23(19,20)9(13,14)15/h7H,6H2,1-5H3. The van der Waals surface area contributed by atoms with Crippen LogP contribution in [0.4, 0.5) is 26.3 Å². The molecule has 142 valence electrons. The fourth-order valence-electron chi connectivity index (χ4n) is 2.43. The Hall–Kier alpha value is -0.130. The molecule has 0 aliphatic heterocycles. The summed E-state index contributed by atoms with van der Waals surface area (Å²) in [6.07, 6.45) is -0.448. The van der Waals surface area contributed by atoms with Crippen molar-refractivity contribution >= 4 is 26.8 Å². The van der Waals surface area contributed by atoms with Crippen LogP contribution >= 0.6 is 6.75 Å². The molecule has 0 amide bonds. The summed E-state index contributed by atoms with van der Waals surface area (Å²) in [6, 6.07) is 0. The van der Waals surface area contributed by atoms with E-state index in [2.05, 4.69) is 0 Å². The minimum atomic E-state index is -6.76. The quantitative estimate of drug-likeness (QED) is 0.513. The first-order valence-electron chi connectivity index (χ1n) is 5.99. The van der Waals surface area contributed by atoms with E-state index in [4.69, 9.17) is 0 Å². The molecular formula is C9H18F6NO4PS2. The number of hydrogen-bond donors (Lipinski definition) is 0. The van der Waals surface area contributed by atoms with Crippen molar-refractivity contribution < 1.29 is 43.2 Å². The molecule has 0 saturated carbocycles. The van der Waals surface area contributed by atoms with Crippen molar-refractivity contribution in [1.29, 1.82) is 0 Å². The van der Waals surface area contributed by atoms with Gasteiger partial charge in [0.05, 0.1) is 0 Å². The third-order valence-corrected chi connectivity index (χ3v) is 13.9. The average molecular weight is 413 g/mol. The van der Waals surface area contributed by atoms with E-state index in [1.807, 2.05) is 0 Å². The molecule has 0 aromatic carbocycles. The van der Waals surface area contributed by atoms with Crippen LogP contribution in [0.3, 0.4) is 0 Å². The molecule has 0 unspecified atom stereocenters. The van der Waals surface area contributed by atoms with Gasteiger partial charge >= 0.3 is 130 Å². The Labute approximate surface area is 131 Å². The van der Waals surface area contributed by atoms with Gasteiger partial charge in [-0.25, -0.2) is 0 Å². The Morgan fingerprint density at radius 1 is 0.826 bits per heavy atom. The molecule has 0 aliphatic rings. The van der Waals surface area contributed by atoms with Crippen molar-refractivity contribution in [3.05, 3.63) is 0 Å². The predicted molar refractivity (Wildman–Crippen MR) is 76.2 cm³/mol. The van der Waals surface area contributed by atoms with E-state index in [1.165, 1.54) is 13.8 Å². The molecule has 23 heavy (non-hydrogen) atoms.